The summed E-state index contributed by atoms with van der Waals surface area (Å²) >= 11 is 1.37. The number of likely N-dealkylation sites (N-methyl/N-ethyl adjacent to an activating group) is 1. The maximum absolute atomic E-state index is 14.3. The van der Waals surface area contributed by atoms with Crippen molar-refractivity contribution < 1.29 is 4.79 Å². The van der Waals surface area contributed by atoms with E-state index >= 15 is 0 Å². The van der Waals surface area contributed by atoms with Crippen LogP contribution in [0.3, 0.4) is 0 Å². The minimum Gasteiger partial charge on any atom is -0.330 e. The van der Waals surface area contributed by atoms with Gasteiger partial charge in [-0.2, -0.15) is 0 Å². The van der Waals surface area contributed by atoms with Gasteiger partial charge in [-0.15, -0.1) is 11.3 Å². The van der Waals surface area contributed by atoms with E-state index in [0.717, 1.165) is 31.2 Å². The van der Waals surface area contributed by atoms with E-state index < -0.39 is 0 Å². The molecule has 1 N–H and O–H groups in total. The first-order valence-electron chi connectivity index (χ1n) is 12.5. The lowest BCUT2D eigenvalue weighted by Gasteiger charge is -2.49. The fourth-order valence-electron chi connectivity index (χ4n) is 7.39. The Morgan fingerprint density at radius 3 is 2.68 bits per heavy atom. The van der Waals surface area contributed by atoms with Gasteiger partial charge < -0.3 is 9.88 Å². The summed E-state index contributed by atoms with van der Waals surface area (Å²) in [4.78, 5) is 40.0. The predicted molar refractivity (Wildman–Crippen MR) is 135 cm³/mol. The van der Waals surface area contributed by atoms with E-state index in [0.29, 0.717) is 21.1 Å². The zero-order valence-corrected chi connectivity index (χ0v) is 20.9. The molecule has 1 aliphatic carbocycles. The molecular formula is C27H32N4O2S. The highest BCUT2D eigenvalue weighted by Crippen LogP contribution is 2.55. The van der Waals surface area contributed by atoms with Gasteiger partial charge in [0.05, 0.1) is 16.6 Å². The van der Waals surface area contributed by atoms with Crippen LogP contribution >= 0.6 is 11.3 Å². The van der Waals surface area contributed by atoms with E-state index in [9.17, 15) is 9.59 Å². The normalized spacial score (nSPS) is 31.1. The van der Waals surface area contributed by atoms with Gasteiger partial charge in [0.25, 0.3) is 11.5 Å². The van der Waals surface area contributed by atoms with E-state index in [1.165, 1.54) is 36.1 Å². The van der Waals surface area contributed by atoms with Crippen molar-refractivity contribution in [1.82, 2.24) is 19.8 Å². The van der Waals surface area contributed by atoms with Crippen molar-refractivity contribution in [2.75, 3.05) is 7.05 Å². The summed E-state index contributed by atoms with van der Waals surface area (Å²) in [7, 11) is 2.28. The molecular weight excluding hydrogens is 444 g/mol. The molecule has 0 spiro atoms. The van der Waals surface area contributed by atoms with Crippen molar-refractivity contribution in [1.29, 1.82) is 0 Å². The second-order valence-corrected chi connectivity index (χ2v) is 11.7. The predicted octanol–water partition coefficient (Wildman–Crippen LogP) is 4.38. The van der Waals surface area contributed by atoms with Crippen LogP contribution < -0.4 is 5.56 Å². The summed E-state index contributed by atoms with van der Waals surface area (Å²) in [6.07, 6.45) is 8.06. The number of carbonyl (C=O) groups excluding carboxylic acids is 1. The van der Waals surface area contributed by atoms with E-state index in [-0.39, 0.29) is 35.0 Å². The number of rotatable bonds is 3. The van der Waals surface area contributed by atoms with Crippen molar-refractivity contribution in [2.24, 2.45) is 5.41 Å². The third kappa shape index (κ3) is 3.13. The van der Waals surface area contributed by atoms with Crippen molar-refractivity contribution in [3.05, 3.63) is 63.0 Å². The number of nitrogens with one attached hydrogen (secondary N) is 1. The van der Waals surface area contributed by atoms with Gasteiger partial charge in [-0.3, -0.25) is 14.5 Å². The van der Waals surface area contributed by atoms with Crippen LogP contribution in [0.2, 0.25) is 0 Å². The standard InChI is InChI=1S/C27H32N4O2S/c1-16-22-24(32)28-15-29-25(22)34-23(16)26(33)31-19-14-27(2)20(11-7-8-12-21(27)31)30(3)18(19)13-17-9-5-4-6-10-17/h4-6,9-10,15,18-21H,7-8,11-14H2,1-3H3,(H,28,29,32)/t18-,19-,20+,21-,27+/m0/s1. The monoisotopic (exact) mass is 476 g/mol. The fourth-order valence-corrected chi connectivity index (χ4v) is 8.48. The Kier molecular flexibility index (Phi) is 5.19. The highest BCUT2D eigenvalue weighted by Gasteiger charge is 2.62. The minimum atomic E-state index is -0.166. The fraction of sp³-hybridized carbons (Fsp3) is 0.519. The number of fused-ring (bicyclic) bond motifs is 2. The maximum Gasteiger partial charge on any atom is 0.264 e. The van der Waals surface area contributed by atoms with Gasteiger partial charge in [0, 0.05) is 29.6 Å². The van der Waals surface area contributed by atoms with Crippen LogP contribution in [-0.4, -0.2) is 56.9 Å². The Bertz CT molecular complexity index is 1300. The topological polar surface area (TPSA) is 69.3 Å². The molecule has 1 aromatic carbocycles. The van der Waals surface area contributed by atoms with E-state index in [1.807, 2.05) is 6.92 Å². The molecule has 6 nitrogen and oxygen atoms in total. The Hall–Kier alpha value is -2.51. The summed E-state index contributed by atoms with van der Waals surface area (Å²) in [5.74, 6) is 0.0904. The quantitative estimate of drug-likeness (QED) is 0.609. The molecule has 0 unspecified atom stereocenters. The number of hydrogen-bond acceptors (Lipinski definition) is 5. The highest BCUT2D eigenvalue weighted by atomic mass is 32.1. The number of amides is 1. The van der Waals surface area contributed by atoms with Crippen molar-refractivity contribution >= 4 is 27.5 Å². The molecule has 4 heterocycles. The molecule has 1 saturated carbocycles. The van der Waals surface area contributed by atoms with E-state index in [1.54, 1.807) is 0 Å². The highest BCUT2D eigenvalue weighted by molar-refractivity contribution is 7.20. The second-order valence-electron chi connectivity index (χ2n) is 10.7. The number of carbonyl (C=O) groups is 1. The van der Waals surface area contributed by atoms with Crippen molar-refractivity contribution in [3.63, 3.8) is 0 Å². The van der Waals surface area contributed by atoms with E-state index in [2.05, 4.69) is 64.1 Å². The van der Waals surface area contributed by atoms with Gasteiger partial charge in [-0.25, -0.2) is 4.98 Å². The summed E-state index contributed by atoms with van der Waals surface area (Å²) < 4.78 is 0. The lowest BCUT2D eigenvalue weighted by Crippen LogP contribution is -2.58. The zero-order chi connectivity index (χ0) is 23.6. The van der Waals surface area contributed by atoms with Crippen LogP contribution in [0.15, 0.2) is 41.5 Å². The molecule has 1 amide bonds. The molecule has 2 saturated heterocycles. The van der Waals surface area contributed by atoms with Gasteiger partial charge in [0.15, 0.2) is 0 Å². The third-order valence-electron chi connectivity index (χ3n) is 8.98. The van der Waals surface area contributed by atoms with E-state index in [4.69, 9.17) is 0 Å². The Morgan fingerprint density at radius 2 is 1.94 bits per heavy atom. The zero-order valence-electron chi connectivity index (χ0n) is 20.1. The van der Waals surface area contributed by atoms with Crippen molar-refractivity contribution in [3.8, 4) is 0 Å². The average molecular weight is 477 g/mol. The Morgan fingerprint density at radius 1 is 1.21 bits per heavy atom. The number of benzene rings is 1. The number of hydrogen-bond donors (Lipinski definition) is 1. The smallest absolute Gasteiger partial charge is 0.264 e. The molecule has 34 heavy (non-hydrogen) atoms. The molecule has 6 rings (SSSR count). The third-order valence-corrected chi connectivity index (χ3v) is 10.2. The first-order valence-corrected chi connectivity index (χ1v) is 13.3. The number of thiophene rings is 1. The number of piperidine rings is 1. The van der Waals surface area contributed by atoms with Gasteiger partial charge in [-0.1, -0.05) is 50.1 Å². The SMILES string of the molecule is Cc1c(C(=O)N2[C@H]3CCCC[C@H]4N(C)[C@@H](Cc5ccccc5)[C@@H]2C[C@@]34C)sc2nc[nH]c(=O)c12. The first-order chi connectivity index (χ1) is 16.4. The first kappa shape index (κ1) is 22.0. The van der Waals surface area contributed by atoms with Crippen LogP contribution in [-0.2, 0) is 6.42 Å². The van der Waals surface area contributed by atoms with Gasteiger partial charge in [0.2, 0.25) is 0 Å². The number of nitrogens with zero attached hydrogens (tertiary/aromatic N) is 3. The molecule has 3 aromatic rings. The second kappa shape index (κ2) is 8.02. The summed E-state index contributed by atoms with van der Waals surface area (Å²) in [6, 6.07) is 11.8. The number of aromatic nitrogens is 2. The molecule has 2 bridgehead atoms. The molecule has 7 heteroatoms. The molecule has 5 atom stereocenters. The molecule has 3 fully saturated rings. The largest absolute Gasteiger partial charge is 0.330 e. The Balaban J connectivity index is 1.46. The molecule has 0 radical (unpaired) electrons. The molecule has 2 aliphatic heterocycles. The van der Waals surface area contributed by atoms with Gasteiger partial charge >= 0.3 is 0 Å². The van der Waals surface area contributed by atoms with Crippen LogP contribution in [0.25, 0.3) is 10.2 Å². The molecule has 178 valence electrons. The number of likely N-dealkylation sites (tertiary alicyclic amines) is 2. The van der Waals surface area contributed by atoms with Gasteiger partial charge in [0.1, 0.15) is 4.83 Å². The van der Waals surface area contributed by atoms with Crippen LogP contribution in [0.1, 0.15) is 59.8 Å². The Labute approximate surface area is 204 Å². The average Bonchev–Trinajstić information content (AvgIpc) is 3.24. The minimum absolute atomic E-state index is 0.0904. The van der Waals surface area contributed by atoms with Crippen LogP contribution in [0.4, 0.5) is 0 Å². The van der Waals surface area contributed by atoms with Crippen LogP contribution in [0, 0.1) is 12.3 Å². The number of aromatic amines is 1. The number of H-pyrrole nitrogens is 1. The summed E-state index contributed by atoms with van der Waals surface area (Å²) in [5.41, 5.74) is 2.02. The number of aryl methyl sites for hydroxylation is 1. The van der Waals surface area contributed by atoms with Crippen molar-refractivity contribution in [2.45, 2.75) is 76.5 Å². The van der Waals surface area contributed by atoms with Crippen LogP contribution in [0.5, 0.6) is 0 Å². The lowest BCUT2D eigenvalue weighted by molar-refractivity contribution is 0.0156. The maximum atomic E-state index is 14.3. The molecule has 3 aliphatic rings. The van der Waals surface area contributed by atoms with Gasteiger partial charge in [-0.05, 0) is 50.8 Å². The summed E-state index contributed by atoms with van der Waals surface area (Å²) in [5, 5.41) is 0.556. The molecule has 2 aromatic heterocycles. The lowest BCUT2D eigenvalue weighted by atomic mass is 9.69. The summed E-state index contributed by atoms with van der Waals surface area (Å²) in [6.45, 7) is 4.32.